The highest BCUT2D eigenvalue weighted by Crippen LogP contribution is 2.48. The van der Waals surface area contributed by atoms with Gasteiger partial charge in [-0.3, -0.25) is 14.5 Å². The topological polar surface area (TPSA) is 58.6 Å². The Morgan fingerprint density at radius 2 is 1.83 bits per heavy atom. The number of hydrogen-bond acceptors (Lipinski definition) is 4. The lowest BCUT2D eigenvalue weighted by molar-refractivity contribution is -0.118. The van der Waals surface area contributed by atoms with Gasteiger partial charge >= 0.3 is 0 Å². The van der Waals surface area contributed by atoms with E-state index in [9.17, 15) is 9.59 Å². The number of allylic oxidation sites excluding steroid dienone is 1. The molecule has 1 N–H and O–H groups in total. The quantitative estimate of drug-likeness (QED) is 0.759. The van der Waals surface area contributed by atoms with Gasteiger partial charge in [-0.15, -0.1) is 0 Å². The Morgan fingerprint density at radius 3 is 2.50 bits per heavy atom. The molecule has 5 nitrogen and oxygen atoms in total. The van der Waals surface area contributed by atoms with Gasteiger partial charge in [-0.2, -0.15) is 0 Å². The van der Waals surface area contributed by atoms with E-state index in [0.717, 1.165) is 34.8 Å². The summed E-state index contributed by atoms with van der Waals surface area (Å²) in [5.41, 5.74) is 3.99. The van der Waals surface area contributed by atoms with Gasteiger partial charge in [0.2, 0.25) is 5.91 Å². The lowest BCUT2D eigenvalue weighted by Gasteiger charge is -2.36. The molecule has 156 valence electrons. The van der Waals surface area contributed by atoms with Gasteiger partial charge < -0.3 is 10.1 Å². The van der Waals surface area contributed by atoms with E-state index in [0.29, 0.717) is 18.6 Å². The van der Waals surface area contributed by atoms with Gasteiger partial charge in [0, 0.05) is 24.6 Å². The van der Waals surface area contributed by atoms with Crippen molar-refractivity contribution in [2.45, 2.75) is 46.6 Å². The van der Waals surface area contributed by atoms with Crippen LogP contribution >= 0.6 is 0 Å². The second-order valence-electron chi connectivity index (χ2n) is 8.77. The van der Waals surface area contributed by atoms with Crippen molar-refractivity contribution in [3.63, 3.8) is 0 Å². The van der Waals surface area contributed by atoms with E-state index < -0.39 is 6.04 Å². The van der Waals surface area contributed by atoms with Crippen molar-refractivity contribution in [2.24, 2.45) is 5.41 Å². The molecule has 0 radical (unpaired) electrons. The molecule has 0 bridgehead atoms. The first kappa shape index (κ1) is 20.2. The fourth-order valence-electron chi connectivity index (χ4n) is 4.56. The molecular weight excluding hydrogens is 376 g/mol. The summed E-state index contributed by atoms with van der Waals surface area (Å²) >= 11 is 0. The molecule has 0 saturated heterocycles. The van der Waals surface area contributed by atoms with Gasteiger partial charge in [-0.05, 0) is 48.6 Å². The number of carbonyl (C=O) groups excluding carboxylic acids is 2. The SMILES string of the molecule is CCOc1ccc(C2C3=C(CC(C)(C)CC3=O)Nc3ccccc3N2C(C)=O)cc1. The fraction of sp³-hybridized carbons (Fsp3) is 0.360. The number of anilines is 2. The minimum absolute atomic E-state index is 0.0895. The number of Topliss-reactive ketones (excluding diaryl/α,β-unsaturated/α-hetero) is 1. The summed E-state index contributed by atoms with van der Waals surface area (Å²) in [5.74, 6) is 0.759. The number of hydrogen-bond donors (Lipinski definition) is 1. The summed E-state index contributed by atoms with van der Waals surface area (Å²) in [5, 5.41) is 3.50. The van der Waals surface area contributed by atoms with Crippen molar-refractivity contribution >= 4 is 23.1 Å². The van der Waals surface area contributed by atoms with Gasteiger partial charge in [0.15, 0.2) is 5.78 Å². The molecule has 0 fully saturated rings. The van der Waals surface area contributed by atoms with Crippen molar-refractivity contribution in [3.05, 3.63) is 65.4 Å². The van der Waals surface area contributed by atoms with E-state index >= 15 is 0 Å². The number of ketones is 1. The van der Waals surface area contributed by atoms with E-state index in [1.54, 1.807) is 11.8 Å². The van der Waals surface area contributed by atoms with Gasteiger partial charge in [-0.25, -0.2) is 0 Å². The van der Waals surface area contributed by atoms with Crippen LogP contribution in [0.3, 0.4) is 0 Å². The molecule has 1 amide bonds. The summed E-state index contributed by atoms with van der Waals surface area (Å²) in [6.07, 6.45) is 1.21. The molecule has 0 spiro atoms. The van der Waals surface area contributed by atoms with E-state index in [4.69, 9.17) is 4.74 Å². The summed E-state index contributed by atoms with van der Waals surface area (Å²) in [6.45, 7) is 8.31. The molecule has 1 heterocycles. The number of nitrogens with zero attached hydrogens (tertiary/aromatic N) is 1. The third-order valence-electron chi connectivity index (χ3n) is 5.75. The zero-order chi connectivity index (χ0) is 21.5. The highest BCUT2D eigenvalue weighted by molar-refractivity contribution is 6.05. The number of nitrogens with one attached hydrogen (secondary N) is 1. The third kappa shape index (κ3) is 3.60. The molecule has 2 aliphatic rings. The first-order valence-corrected chi connectivity index (χ1v) is 10.5. The highest BCUT2D eigenvalue weighted by atomic mass is 16.5. The molecule has 0 saturated carbocycles. The molecule has 2 aromatic carbocycles. The van der Waals surface area contributed by atoms with Gasteiger partial charge in [-0.1, -0.05) is 38.1 Å². The summed E-state index contributed by atoms with van der Waals surface area (Å²) < 4.78 is 5.59. The Morgan fingerprint density at radius 1 is 1.13 bits per heavy atom. The minimum atomic E-state index is -0.479. The van der Waals surface area contributed by atoms with Crippen LogP contribution in [0.2, 0.25) is 0 Å². The second-order valence-corrected chi connectivity index (χ2v) is 8.77. The van der Waals surface area contributed by atoms with Crippen LogP contribution in [0.25, 0.3) is 0 Å². The zero-order valence-electron chi connectivity index (χ0n) is 18.0. The number of amides is 1. The second kappa shape index (κ2) is 7.63. The van der Waals surface area contributed by atoms with E-state index in [-0.39, 0.29) is 17.1 Å². The van der Waals surface area contributed by atoms with Gasteiger partial charge in [0.1, 0.15) is 5.75 Å². The van der Waals surface area contributed by atoms with Crippen LogP contribution in [-0.2, 0) is 9.59 Å². The third-order valence-corrected chi connectivity index (χ3v) is 5.75. The number of benzene rings is 2. The van der Waals surface area contributed by atoms with E-state index in [1.807, 2.05) is 55.5 Å². The van der Waals surface area contributed by atoms with Crippen molar-refractivity contribution in [1.29, 1.82) is 0 Å². The molecule has 0 aromatic heterocycles. The van der Waals surface area contributed by atoms with Crippen molar-refractivity contribution < 1.29 is 14.3 Å². The van der Waals surface area contributed by atoms with Crippen molar-refractivity contribution in [2.75, 3.05) is 16.8 Å². The van der Waals surface area contributed by atoms with Crippen LogP contribution in [0.1, 0.15) is 52.1 Å². The molecular formula is C25H28N2O3. The van der Waals surface area contributed by atoms with Crippen molar-refractivity contribution in [1.82, 2.24) is 0 Å². The predicted molar refractivity (Wildman–Crippen MR) is 119 cm³/mol. The normalized spacial score (nSPS) is 20.1. The molecule has 1 aliphatic heterocycles. The van der Waals surface area contributed by atoms with Crippen LogP contribution in [0.15, 0.2) is 59.8 Å². The maximum Gasteiger partial charge on any atom is 0.224 e. The average molecular weight is 405 g/mol. The maximum absolute atomic E-state index is 13.4. The number of carbonyl (C=O) groups is 2. The lowest BCUT2D eigenvalue weighted by Crippen LogP contribution is -2.38. The number of rotatable bonds is 3. The van der Waals surface area contributed by atoms with Gasteiger partial charge in [0.05, 0.1) is 24.0 Å². The molecule has 1 aliphatic carbocycles. The van der Waals surface area contributed by atoms with Gasteiger partial charge in [0.25, 0.3) is 0 Å². The first-order valence-electron chi connectivity index (χ1n) is 10.5. The predicted octanol–water partition coefficient (Wildman–Crippen LogP) is 5.25. The first-order chi connectivity index (χ1) is 14.3. The van der Waals surface area contributed by atoms with Crippen LogP contribution in [-0.4, -0.2) is 18.3 Å². The van der Waals surface area contributed by atoms with E-state index in [2.05, 4.69) is 19.2 Å². The molecule has 30 heavy (non-hydrogen) atoms. The van der Waals surface area contributed by atoms with Crippen LogP contribution in [0.4, 0.5) is 11.4 Å². The maximum atomic E-state index is 13.4. The lowest BCUT2D eigenvalue weighted by atomic mass is 9.73. The Kier molecular flexibility index (Phi) is 5.14. The number of para-hydroxylation sites is 2. The average Bonchev–Trinajstić information content (AvgIpc) is 2.82. The fourth-order valence-corrected chi connectivity index (χ4v) is 4.56. The smallest absolute Gasteiger partial charge is 0.224 e. The monoisotopic (exact) mass is 404 g/mol. The molecule has 1 unspecified atom stereocenters. The zero-order valence-corrected chi connectivity index (χ0v) is 18.0. The van der Waals surface area contributed by atoms with E-state index in [1.165, 1.54) is 0 Å². The number of fused-ring (bicyclic) bond motifs is 1. The summed E-state index contributed by atoms with van der Waals surface area (Å²) in [7, 11) is 0. The Bertz CT molecular complexity index is 1020. The molecule has 5 heteroatoms. The largest absolute Gasteiger partial charge is 0.494 e. The number of ether oxygens (including phenoxy) is 1. The highest BCUT2D eigenvalue weighted by Gasteiger charge is 2.42. The Labute approximate surface area is 177 Å². The molecule has 1 atom stereocenters. The van der Waals surface area contributed by atoms with Crippen molar-refractivity contribution in [3.8, 4) is 5.75 Å². The molecule has 2 aromatic rings. The Hall–Kier alpha value is -3.08. The molecule has 4 rings (SSSR count). The minimum Gasteiger partial charge on any atom is -0.494 e. The standard InChI is InChI=1S/C25H28N2O3/c1-5-30-18-12-10-17(11-13-18)24-23-20(14-25(3,4)15-22(23)29)26-19-8-6-7-9-21(19)27(24)16(2)28/h6-13,24,26H,5,14-15H2,1-4H3. The van der Waals surface area contributed by atoms with Crippen LogP contribution in [0.5, 0.6) is 5.75 Å². The summed E-state index contributed by atoms with van der Waals surface area (Å²) in [6, 6.07) is 15.0. The van der Waals surface area contributed by atoms with Crippen LogP contribution in [0, 0.1) is 5.41 Å². The summed E-state index contributed by atoms with van der Waals surface area (Å²) in [4.78, 5) is 28.1. The van der Waals surface area contributed by atoms with Crippen LogP contribution < -0.4 is 15.0 Å². The Balaban J connectivity index is 1.94.